The van der Waals surface area contributed by atoms with Gasteiger partial charge >= 0.3 is 0 Å². The molecule has 0 spiro atoms. The number of fused-ring (bicyclic) bond motifs is 2. The normalized spacial score (nSPS) is 16.8. The summed E-state index contributed by atoms with van der Waals surface area (Å²) in [7, 11) is 0. The number of ether oxygens (including phenoxy) is 1. The van der Waals surface area contributed by atoms with Crippen molar-refractivity contribution in [3.8, 4) is 5.75 Å². The molecule has 1 amide bonds. The number of hydrogen-bond acceptors (Lipinski definition) is 4. The summed E-state index contributed by atoms with van der Waals surface area (Å²) in [5.74, 6) is 0.955. The van der Waals surface area contributed by atoms with Gasteiger partial charge in [0.2, 0.25) is 5.91 Å². The first-order valence-electron chi connectivity index (χ1n) is 8.54. The maximum atomic E-state index is 12.3. The van der Waals surface area contributed by atoms with Crippen LogP contribution in [0.5, 0.6) is 5.75 Å². The van der Waals surface area contributed by atoms with Crippen molar-refractivity contribution >= 4 is 5.91 Å². The van der Waals surface area contributed by atoms with Gasteiger partial charge in [-0.2, -0.15) is 5.10 Å². The van der Waals surface area contributed by atoms with Crippen LogP contribution in [-0.2, 0) is 30.7 Å². The van der Waals surface area contributed by atoms with Crippen molar-refractivity contribution in [2.45, 2.75) is 32.4 Å². The molecular weight excluding hydrogens is 304 g/mol. The first kappa shape index (κ1) is 15.2. The summed E-state index contributed by atoms with van der Waals surface area (Å²) in [5.41, 5.74) is 4.65. The Bertz CT molecular complexity index is 740. The molecule has 0 unspecified atom stereocenters. The minimum atomic E-state index is 0.0316. The van der Waals surface area contributed by atoms with Gasteiger partial charge in [0.05, 0.1) is 18.8 Å². The van der Waals surface area contributed by atoms with E-state index in [1.807, 2.05) is 18.2 Å². The first-order valence-corrected chi connectivity index (χ1v) is 8.54. The van der Waals surface area contributed by atoms with E-state index in [1.54, 1.807) is 0 Å². The van der Waals surface area contributed by atoms with Gasteiger partial charge in [0.15, 0.2) is 0 Å². The smallest absolute Gasteiger partial charge is 0.234 e. The van der Waals surface area contributed by atoms with Crippen LogP contribution in [0.1, 0.15) is 28.9 Å². The second-order valence-electron chi connectivity index (χ2n) is 6.42. The first-order chi connectivity index (χ1) is 11.8. The van der Waals surface area contributed by atoms with Gasteiger partial charge in [-0.15, -0.1) is 0 Å². The molecular formula is C18H22N4O2. The number of nitrogens with zero attached hydrogens (tertiary/aromatic N) is 2. The standard InChI is InChI=1S/C18H22N4O2/c23-18(19-10-16-14-5-3-6-15(14)20-21-16)12-22-8-9-24-17-7-2-1-4-13(17)11-22/h1-2,4,7H,3,5-6,8-12H2,(H,19,23)(H,20,21). The fourth-order valence-electron chi connectivity index (χ4n) is 3.49. The number of aromatic nitrogens is 2. The van der Waals surface area contributed by atoms with Crippen LogP contribution < -0.4 is 10.1 Å². The third-order valence-corrected chi connectivity index (χ3v) is 4.74. The summed E-state index contributed by atoms with van der Waals surface area (Å²) in [6.45, 7) is 2.98. The molecule has 6 heteroatoms. The van der Waals surface area contributed by atoms with Crippen LogP contribution in [0, 0.1) is 0 Å². The lowest BCUT2D eigenvalue weighted by Gasteiger charge is -2.18. The lowest BCUT2D eigenvalue weighted by Crippen LogP contribution is -2.37. The van der Waals surface area contributed by atoms with E-state index in [9.17, 15) is 4.79 Å². The predicted molar refractivity (Wildman–Crippen MR) is 89.7 cm³/mol. The molecule has 126 valence electrons. The number of rotatable bonds is 4. The number of carbonyl (C=O) groups excluding carboxylic acids is 1. The van der Waals surface area contributed by atoms with Crippen LogP contribution >= 0.6 is 0 Å². The van der Waals surface area contributed by atoms with Crippen LogP contribution in [0.4, 0.5) is 0 Å². The fraction of sp³-hybridized carbons (Fsp3) is 0.444. The van der Waals surface area contributed by atoms with Gasteiger partial charge in [-0.05, 0) is 30.9 Å². The van der Waals surface area contributed by atoms with Crippen molar-refractivity contribution in [3.05, 3.63) is 46.8 Å². The molecule has 1 aliphatic heterocycles. The van der Waals surface area contributed by atoms with Gasteiger partial charge in [-0.1, -0.05) is 18.2 Å². The Morgan fingerprint density at radius 1 is 1.33 bits per heavy atom. The Morgan fingerprint density at radius 3 is 3.21 bits per heavy atom. The number of amides is 1. The van der Waals surface area contributed by atoms with E-state index in [0.717, 1.165) is 42.9 Å². The Kier molecular flexibility index (Phi) is 4.21. The average Bonchev–Trinajstić information content (AvgIpc) is 3.12. The minimum Gasteiger partial charge on any atom is -0.492 e. The molecule has 0 saturated carbocycles. The maximum Gasteiger partial charge on any atom is 0.234 e. The van der Waals surface area contributed by atoms with Gasteiger partial charge in [-0.25, -0.2) is 0 Å². The molecule has 1 aliphatic carbocycles. The molecule has 2 aliphatic rings. The van der Waals surface area contributed by atoms with Crippen molar-refractivity contribution in [1.29, 1.82) is 0 Å². The highest BCUT2D eigenvalue weighted by Crippen LogP contribution is 2.23. The molecule has 0 atom stereocenters. The van der Waals surface area contributed by atoms with Gasteiger partial charge in [0, 0.05) is 24.3 Å². The number of carbonyl (C=O) groups is 1. The van der Waals surface area contributed by atoms with Crippen molar-refractivity contribution in [1.82, 2.24) is 20.4 Å². The number of H-pyrrole nitrogens is 1. The van der Waals surface area contributed by atoms with Crippen LogP contribution in [0.15, 0.2) is 24.3 Å². The van der Waals surface area contributed by atoms with Gasteiger partial charge in [-0.3, -0.25) is 14.8 Å². The molecule has 24 heavy (non-hydrogen) atoms. The second-order valence-corrected chi connectivity index (χ2v) is 6.42. The molecule has 2 aromatic rings. The zero-order valence-electron chi connectivity index (χ0n) is 13.7. The zero-order valence-corrected chi connectivity index (χ0v) is 13.7. The highest BCUT2D eigenvalue weighted by molar-refractivity contribution is 5.78. The van der Waals surface area contributed by atoms with E-state index in [1.165, 1.54) is 17.7 Å². The van der Waals surface area contributed by atoms with Gasteiger partial charge < -0.3 is 10.1 Å². The molecule has 2 N–H and O–H groups in total. The summed E-state index contributed by atoms with van der Waals surface area (Å²) in [5, 5.41) is 10.4. The zero-order chi connectivity index (χ0) is 16.4. The van der Waals surface area contributed by atoms with Crippen molar-refractivity contribution in [2.75, 3.05) is 19.7 Å². The monoisotopic (exact) mass is 326 g/mol. The van der Waals surface area contributed by atoms with Crippen molar-refractivity contribution in [2.24, 2.45) is 0 Å². The minimum absolute atomic E-state index is 0.0316. The number of nitrogens with one attached hydrogen (secondary N) is 2. The Hall–Kier alpha value is -2.34. The maximum absolute atomic E-state index is 12.3. The van der Waals surface area contributed by atoms with Gasteiger partial charge in [0.25, 0.3) is 0 Å². The summed E-state index contributed by atoms with van der Waals surface area (Å²) in [4.78, 5) is 14.4. The summed E-state index contributed by atoms with van der Waals surface area (Å²) in [6, 6.07) is 8.02. The van der Waals surface area contributed by atoms with E-state index < -0.39 is 0 Å². The number of aromatic amines is 1. The predicted octanol–water partition coefficient (Wildman–Crippen LogP) is 1.41. The number of hydrogen-bond donors (Lipinski definition) is 2. The van der Waals surface area contributed by atoms with E-state index in [0.29, 0.717) is 19.7 Å². The molecule has 6 nitrogen and oxygen atoms in total. The van der Waals surface area contributed by atoms with Gasteiger partial charge in [0.1, 0.15) is 12.4 Å². The summed E-state index contributed by atoms with van der Waals surface area (Å²) < 4.78 is 5.74. The lowest BCUT2D eigenvalue weighted by molar-refractivity contribution is -0.122. The lowest BCUT2D eigenvalue weighted by atomic mass is 10.2. The summed E-state index contributed by atoms with van der Waals surface area (Å²) >= 11 is 0. The van der Waals surface area contributed by atoms with E-state index >= 15 is 0 Å². The molecule has 4 rings (SSSR count). The Morgan fingerprint density at radius 2 is 2.25 bits per heavy atom. The van der Waals surface area contributed by atoms with Crippen molar-refractivity contribution in [3.63, 3.8) is 0 Å². The quantitative estimate of drug-likeness (QED) is 0.891. The molecule has 0 bridgehead atoms. The molecule has 2 heterocycles. The second kappa shape index (κ2) is 6.65. The van der Waals surface area contributed by atoms with Crippen LogP contribution in [0.3, 0.4) is 0 Å². The largest absolute Gasteiger partial charge is 0.492 e. The van der Waals surface area contributed by atoms with Crippen LogP contribution in [0.25, 0.3) is 0 Å². The molecule has 0 saturated heterocycles. The number of aryl methyl sites for hydroxylation is 1. The van der Waals surface area contributed by atoms with E-state index in [-0.39, 0.29) is 5.91 Å². The molecule has 0 radical (unpaired) electrons. The average molecular weight is 326 g/mol. The SMILES string of the molecule is O=C(CN1CCOc2ccccc2C1)NCc1n[nH]c2c1CCC2. The van der Waals surface area contributed by atoms with Crippen LogP contribution in [0.2, 0.25) is 0 Å². The third-order valence-electron chi connectivity index (χ3n) is 4.74. The Labute approximate surface area is 141 Å². The highest BCUT2D eigenvalue weighted by Gasteiger charge is 2.20. The number of para-hydroxylation sites is 1. The number of benzene rings is 1. The Balaban J connectivity index is 1.33. The topological polar surface area (TPSA) is 70.2 Å². The van der Waals surface area contributed by atoms with Crippen molar-refractivity contribution < 1.29 is 9.53 Å². The molecule has 1 aromatic carbocycles. The molecule has 0 fully saturated rings. The van der Waals surface area contributed by atoms with E-state index in [2.05, 4.69) is 26.5 Å². The summed E-state index contributed by atoms with van der Waals surface area (Å²) in [6.07, 6.45) is 3.32. The fourth-order valence-corrected chi connectivity index (χ4v) is 3.49. The third kappa shape index (κ3) is 3.14. The van der Waals surface area contributed by atoms with Crippen LogP contribution in [-0.4, -0.2) is 40.7 Å². The highest BCUT2D eigenvalue weighted by atomic mass is 16.5. The van der Waals surface area contributed by atoms with E-state index in [4.69, 9.17) is 4.74 Å². The molecule has 1 aromatic heterocycles.